The van der Waals surface area contributed by atoms with Gasteiger partial charge in [-0.3, -0.25) is 4.90 Å². The highest BCUT2D eigenvalue weighted by atomic mass is 35.5. The van der Waals surface area contributed by atoms with Crippen LogP contribution in [0.1, 0.15) is 23.8 Å². The monoisotopic (exact) mass is 315 g/mol. The summed E-state index contributed by atoms with van der Waals surface area (Å²) < 4.78 is 38.0. The van der Waals surface area contributed by atoms with E-state index in [1.807, 2.05) is 13.1 Å². The molecule has 21 heavy (non-hydrogen) atoms. The lowest BCUT2D eigenvalue weighted by atomic mass is 10.1. The molecule has 0 fully saturated rings. The van der Waals surface area contributed by atoms with Crippen LogP contribution in [0.25, 0.3) is 0 Å². The molecule has 1 unspecified atom stereocenters. The van der Waals surface area contributed by atoms with Crippen molar-refractivity contribution in [3.05, 3.63) is 53.5 Å². The number of nitrogens with zero attached hydrogens (tertiary/aromatic N) is 1. The number of hydrogen-bond acceptors (Lipinski definition) is 3. The quantitative estimate of drug-likeness (QED) is 0.839. The SMILES string of the molecule is CN1CCC(Oc2cccc(F)c2F)c2ccoc2C1.Cl. The van der Waals surface area contributed by atoms with Gasteiger partial charge in [-0.05, 0) is 25.2 Å². The van der Waals surface area contributed by atoms with E-state index in [1.54, 1.807) is 6.26 Å². The maximum atomic E-state index is 13.7. The largest absolute Gasteiger partial charge is 0.482 e. The van der Waals surface area contributed by atoms with Gasteiger partial charge in [0.15, 0.2) is 11.6 Å². The summed E-state index contributed by atoms with van der Waals surface area (Å²) in [7, 11) is 1.98. The Hall–Kier alpha value is -1.59. The molecule has 1 aromatic heterocycles. The molecule has 1 atom stereocenters. The molecule has 2 heterocycles. The van der Waals surface area contributed by atoms with Crippen LogP contribution in [0.5, 0.6) is 5.75 Å². The van der Waals surface area contributed by atoms with E-state index >= 15 is 0 Å². The number of ether oxygens (including phenoxy) is 1. The van der Waals surface area contributed by atoms with Gasteiger partial charge in [-0.15, -0.1) is 12.4 Å². The van der Waals surface area contributed by atoms with Crippen LogP contribution in [0, 0.1) is 11.6 Å². The third-order valence-corrected chi connectivity index (χ3v) is 3.50. The van der Waals surface area contributed by atoms with E-state index in [1.165, 1.54) is 12.1 Å². The fourth-order valence-corrected chi connectivity index (χ4v) is 2.43. The minimum absolute atomic E-state index is 0. The first kappa shape index (κ1) is 15.8. The minimum atomic E-state index is -0.949. The molecule has 1 aliphatic heterocycles. The molecule has 0 saturated carbocycles. The fraction of sp³-hybridized carbons (Fsp3) is 0.333. The highest BCUT2D eigenvalue weighted by Gasteiger charge is 2.25. The van der Waals surface area contributed by atoms with Gasteiger partial charge in [0.25, 0.3) is 0 Å². The second-order valence-electron chi connectivity index (χ2n) is 4.98. The van der Waals surface area contributed by atoms with Crippen LogP contribution in [0.15, 0.2) is 34.9 Å². The third-order valence-electron chi connectivity index (χ3n) is 3.50. The van der Waals surface area contributed by atoms with Crippen LogP contribution in [-0.4, -0.2) is 18.5 Å². The molecule has 2 aromatic rings. The predicted molar refractivity (Wildman–Crippen MR) is 76.6 cm³/mol. The Morgan fingerprint density at radius 1 is 1.29 bits per heavy atom. The Bertz CT molecular complexity index is 617. The van der Waals surface area contributed by atoms with Gasteiger partial charge in [-0.25, -0.2) is 4.39 Å². The van der Waals surface area contributed by atoms with E-state index in [0.717, 1.165) is 23.9 Å². The fourth-order valence-electron chi connectivity index (χ4n) is 2.43. The molecule has 114 valence electrons. The summed E-state index contributed by atoms with van der Waals surface area (Å²) in [6.07, 6.45) is 1.96. The van der Waals surface area contributed by atoms with E-state index < -0.39 is 11.6 Å². The molecule has 3 nitrogen and oxygen atoms in total. The van der Waals surface area contributed by atoms with Gasteiger partial charge in [0.05, 0.1) is 12.8 Å². The summed E-state index contributed by atoms with van der Waals surface area (Å²) in [5.41, 5.74) is 0.901. The van der Waals surface area contributed by atoms with Crippen molar-refractivity contribution in [1.82, 2.24) is 4.90 Å². The number of fused-ring (bicyclic) bond motifs is 1. The van der Waals surface area contributed by atoms with Gasteiger partial charge in [-0.1, -0.05) is 6.07 Å². The maximum Gasteiger partial charge on any atom is 0.200 e. The Kier molecular flexibility index (Phi) is 4.85. The molecular weight excluding hydrogens is 300 g/mol. The van der Waals surface area contributed by atoms with Crippen LogP contribution >= 0.6 is 12.4 Å². The molecule has 1 aromatic carbocycles. The lowest BCUT2D eigenvalue weighted by Crippen LogP contribution is -2.18. The molecule has 0 amide bonds. The van der Waals surface area contributed by atoms with E-state index in [9.17, 15) is 8.78 Å². The second-order valence-corrected chi connectivity index (χ2v) is 4.98. The number of benzene rings is 1. The van der Waals surface area contributed by atoms with E-state index in [4.69, 9.17) is 9.15 Å². The molecular formula is C15H16ClF2NO2. The Labute approximate surface area is 127 Å². The molecule has 0 radical (unpaired) electrons. The molecule has 0 N–H and O–H groups in total. The van der Waals surface area contributed by atoms with Crippen LogP contribution in [0.3, 0.4) is 0 Å². The van der Waals surface area contributed by atoms with E-state index in [2.05, 4.69) is 4.90 Å². The molecule has 0 bridgehead atoms. The smallest absolute Gasteiger partial charge is 0.200 e. The zero-order valence-corrected chi connectivity index (χ0v) is 12.3. The summed E-state index contributed by atoms with van der Waals surface area (Å²) >= 11 is 0. The zero-order valence-electron chi connectivity index (χ0n) is 11.5. The number of halogens is 3. The summed E-state index contributed by atoms with van der Waals surface area (Å²) in [6.45, 7) is 1.49. The van der Waals surface area contributed by atoms with Crippen molar-refractivity contribution in [3.63, 3.8) is 0 Å². The zero-order chi connectivity index (χ0) is 14.1. The van der Waals surface area contributed by atoms with Gasteiger partial charge >= 0.3 is 0 Å². The average molecular weight is 316 g/mol. The van der Waals surface area contributed by atoms with Crippen molar-refractivity contribution in [3.8, 4) is 5.75 Å². The van der Waals surface area contributed by atoms with Crippen LogP contribution < -0.4 is 4.74 Å². The van der Waals surface area contributed by atoms with Crippen LogP contribution in [0.4, 0.5) is 8.78 Å². The lowest BCUT2D eigenvalue weighted by Gasteiger charge is -2.18. The van der Waals surface area contributed by atoms with Gasteiger partial charge in [0.2, 0.25) is 5.82 Å². The second kappa shape index (κ2) is 6.45. The highest BCUT2D eigenvalue weighted by molar-refractivity contribution is 5.85. The van der Waals surface area contributed by atoms with Crippen molar-refractivity contribution < 1.29 is 17.9 Å². The maximum absolute atomic E-state index is 13.7. The predicted octanol–water partition coefficient (Wildman–Crippen LogP) is 3.94. The summed E-state index contributed by atoms with van der Waals surface area (Å²) in [4.78, 5) is 2.10. The standard InChI is InChI=1S/C15H15F2NO2.ClH/c1-18-7-5-12(10-6-8-19-14(10)9-18)20-13-4-2-3-11(16)15(13)17;/h2-4,6,8,12H,5,7,9H2,1H3;1H. The molecule has 0 saturated heterocycles. The summed E-state index contributed by atoms with van der Waals surface area (Å²) in [5, 5.41) is 0. The summed E-state index contributed by atoms with van der Waals surface area (Å²) in [6, 6.07) is 5.78. The van der Waals surface area contributed by atoms with Crippen molar-refractivity contribution >= 4 is 12.4 Å². The van der Waals surface area contributed by atoms with Gasteiger partial charge < -0.3 is 9.15 Å². The van der Waals surface area contributed by atoms with Crippen molar-refractivity contribution in [1.29, 1.82) is 0 Å². The average Bonchev–Trinajstić information content (AvgIpc) is 2.82. The van der Waals surface area contributed by atoms with Gasteiger partial charge in [0.1, 0.15) is 11.9 Å². The molecule has 0 aliphatic carbocycles. The minimum Gasteiger partial charge on any atom is -0.482 e. The molecule has 6 heteroatoms. The van der Waals surface area contributed by atoms with Crippen molar-refractivity contribution in [2.75, 3.05) is 13.6 Å². The first-order valence-electron chi connectivity index (χ1n) is 6.50. The van der Waals surface area contributed by atoms with Crippen molar-refractivity contribution in [2.24, 2.45) is 0 Å². The number of rotatable bonds is 2. The normalized spacial score (nSPS) is 18.5. The first-order valence-corrected chi connectivity index (χ1v) is 6.50. The molecule has 3 rings (SSSR count). The van der Waals surface area contributed by atoms with E-state index in [0.29, 0.717) is 13.0 Å². The molecule has 0 spiro atoms. The van der Waals surface area contributed by atoms with E-state index in [-0.39, 0.29) is 24.3 Å². The summed E-state index contributed by atoms with van der Waals surface area (Å²) in [5.74, 6) is -1.10. The van der Waals surface area contributed by atoms with Crippen LogP contribution in [0.2, 0.25) is 0 Å². The lowest BCUT2D eigenvalue weighted by molar-refractivity contribution is 0.173. The number of furan rings is 1. The topological polar surface area (TPSA) is 25.6 Å². The third kappa shape index (κ3) is 3.19. The first-order chi connectivity index (χ1) is 9.65. The Morgan fingerprint density at radius 2 is 2.10 bits per heavy atom. The van der Waals surface area contributed by atoms with Gasteiger partial charge in [0, 0.05) is 18.5 Å². The van der Waals surface area contributed by atoms with Crippen LogP contribution in [-0.2, 0) is 6.54 Å². The van der Waals surface area contributed by atoms with Gasteiger partial charge in [-0.2, -0.15) is 4.39 Å². The number of hydrogen-bond donors (Lipinski definition) is 0. The van der Waals surface area contributed by atoms with Crippen molar-refractivity contribution in [2.45, 2.75) is 19.1 Å². The Balaban J connectivity index is 0.00000161. The molecule has 1 aliphatic rings. The highest BCUT2D eigenvalue weighted by Crippen LogP contribution is 2.32. The Morgan fingerprint density at radius 3 is 2.90 bits per heavy atom.